The number of carbonyl (C=O) groups is 1. The van der Waals surface area contributed by atoms with Gasteiger partial charge in [-0.3, -0.25) is 9.78 Å². The Hall–Kier alpha value is -3.14. The zero-order chi connectivity index (χ0) is 18.6. The Labute approximate surface area is 159 Å². The summed E-state index contributed by atoms with van der Waals surface area (Å²) in [7, 11) is 0. The van der Waals surface area contributed by atoms with Gasteiger partial charge in [0.25, 0.3) is 5.91 Å². The van der Waals surface area contributed by atoms with Crippen molar-refractivity contribution in [3.63, 3.8) is 0 Å². The topological polar surface area (TPSA) is 45.2 Å². The Balaban J connectivity index is 1.44. The highest BCUT2D eigenvalue weighted by Gasteiger charge is 2.21. The SMILES string of the molecule is Cc1ccc(CNc2cncc(C(=O)N3CCc4ccccc4C3)c2)cc1. The van der Waals surface area contributed by atoms with Crippen LogP contribution in [-0.4, -0.2) is 22.3 Å². The molecule has 1 N–H and O–H groups in total. The van der Waals surface area contributed by atoms with Crippen molar-refractivity contribution in [2.45, 2.75) is 26.4 Å². The second kappa shape index (κ2) is 7.62. The van der Waals surface area contributed by atoms with Crippen molar-refractivity contribution >= 4 is 11.6 Å². The van der Waals surface area contributed by atoms with E-state index in [2.05, 4.69) is 59.7 Å². The van der Waals surface area contributed by atoms with Gasteiger partial charge in [0.1, 0.15) is 0 Å². The lowest BCUT2D eigenvalue weighted by molar-refractivity contribution is 0.0734. The van der Waals surface area contributed by atoms with Crippen molar-refractivity contribution in [2.75, 3.05) is 11.9 Å². The van der Waals surface area contributed by atoms with Crippen molar-refractivity contribution in [1.29, 1.82) is 0 Å². The smallest absolute Gasteiger partial charge is 0.255 e. The van der Waals surface area contributed by atoms with E-state index < -0.39 is 0 Å². The number of carbonyl (C=O) groups excluding carboxylic acids is 1. The number of amides is 1. The van der Waals surface area contributed by atoms with Gasteiger partial charge in [-0.1, -0.05) is 54.1 Å². The molecule has 2 aromatic carbocycles. The van der Waals surface area contributed by atoms with Gasteiger partial charge in [-0.2, -0.15) is 0 Å². The van der Waals surface area contributed by atoms with Crippen LogP contribution in [0.2, 0.25) is 0 Å². The number of fused-ring (bicyclic) bond motifs is 1. The minimum absolute atomic E-state index is 0.0380. The molecule has 0 aliphatic carbocycles. The molecule has 1 aliphatic heterocycles. The van der Waals surface area contributed by atoms with E-state index in [0.717, 1.165) is 18.7 Å². The predicted molar refractivity (Wildman–Crippen MR) is 108 cm³/mol. The van der Waals surface area contributed by atoms with Crippen LogP contribution in [0.5, 0.6) is 0 Å². The molecular weight excluding hydrogens is 334 g/mol. The van der Waals surface area contributed by atoms with E-state index in [4.69, 9.17) is 0 Å². The van der Waals surface area contributed by atoms with Gasteiger partial charge in [0.2, 0.25) is 0 Å². The standard InChI is InChI=1S/C23H23N3O/c1-17-6-8-18(9-7-17)13-25-22-12-21(14-24-15-22)23(27)26-11-10-19-4-2-3-5-20(19)16-26/h2-9,12,14-15,25H,10-11,13,16H2,1H3. The van der Waals surface area contributed by atoms with Gasteiger partial charge < -0.3 is 10.2 Å². The molecule has 4 rings (SSSR count). The fraction of sp³-hybridized carbons (Fsp3) is 0.217. The van der Waals surface area contributed by atoms with Crippen LogP contribution in [0.4, 0.5) is 5.69 Å². The maximum absolute atomic E-state index is 12.9. The van der Waals surface area contributed by atoms with Gasteiger partial charge >= 0.3 is 0 Å². The lowest BCUT2D eigenvalue weighted by atomic mass is 9.99. The van der Waals surface area contributed by atoms with E-state index in [1.807, 2.05) is 17.0 Å². The van der Waals surface area contributed by atoms with E-state index in [9.17, 15) is 4.79 Å². The molecule has 4 nitrogen and oxygen atoms in total. The molecule has 4 heteroatoms. The number of rotatable bonds is 4. The Morgan fingerprint density at radius 2 is 1.85 bits per heavy atom. The third-order valence-corrected chi connectivity index (χ3v) is 5.02. The molecule has 1 aliphatic rings. The molecule has 3 aromatic rings. The summed E-state index contributed by atoms with van der Waals surface area (Å²) >= 11 is 0. The summed E-state index contributed by atoms with van der Waals surface area (Å²) in [6, 6.07) is 18.6. The third kappa shape index (κ3) is 4.00. The Morgan fingerprint density at radius 3 is 2.67 bits per heavy atom. The summed E-state index contributed by atoms with van der Waals surface area (Å²) in [6.45, 7) is 4.19. The lowest BCUT2D eigenvalue weighted by Gasteiger charge is -2.29. The van der Waals surface area contributed by atoms with Crippen molar-refractivity contribution in [1.82, 2.24) is 9.88 Å². The van der Waals surface area contributed by atoms with Crippen molar-refractivity contribution < 1.29 is 4.79 Å². The average molecular weight is 357 g/mol. The maximum Gasteiger partial charge on any atom is 0.255 e. The summed E-state index contributed by atoms with van der Waals surface area (Å²) in [4.78, 5) is 19.1. The van der Waals surface area contributed by atoms with Crippen LogP contribution in [-0.2, 0) is 19.5 Å². The summed E-state index contributed by atoms with van der Waals surface area (Å²) < 4.78 is 0. The largest absolute Gasteiger partial charge is 0.380 e. The first-order valence-corrected chi connectivity index (χ1v) is 9.29. The molecule has 0 atom stereocenters. The van der Waals surface area contributed by atoms with E-state index in [0.29, 0.717) is 18.7 Å². The maximum atomic E-state index is 12.9. The molecule has 0 radical (unpaired) electrons. The van der Waals surface area contributed by atoms with Gasteiger partial charge in [0.05, 0.1) is 11.3 Å². The van der Waals surface area contributed by atoms with Crippen LogP contribution >= 0.6 is 0 Å². The molecule has 0 unspecified atom stereocenters. The van der Waals surface area contributed by atoms with Crippen LogP contribution in [0.25, 0.3) is 0 Å². The van der Waals surface area contributed by atoms with Crippen molar-refractivity contribution in [3.05, 3.63) is 94.8 Å². The molecule has 0 saturated carbocycles. The summed E-state index contributed by atoms with van der Waals surface area (Å²) in [6.07, 6.45) is 4.32. The second-order valence-electron chi connectivity index (χ2n) is 7.05. The van der Waals surface area contributed by atoms with Crippen LogP contribution in [0, 0.1) is 6.92 Å². The Morgan fingerprint density at radius 1 is 1.07 bits per heavy atom. The third-order valence-electron chi connectivity index (χ3n) is 5.02. The lowest BCUT2D eigenvalue weighted by Crippen LogP contribution is -2.36. The second-order valence-corrected chi connectivity index (χ2v) is 7.05. The van der Waals surface area contributed by atoms with Crippen LogP contribution in [0.3, 0.4) is 0 Å². The van der Waals surface area contributed by atoms with Crippen molar-refractivity contribution in [3.8, 4) is 0 Å². The number of pyridine rings is 1. The van der Waals surface area contributed by atoms with E-state index in [1.165, 1.54) is 22.3 Å². The molecule has 136 valence electrons. The summed E-state index contributed by atoms with van der Waals surface area (Å²) in [5, 5.41) is 3.36. The van der Waals surface area contributed by atoms with Gasteiger partial charge in [0.15, 0.2) is 0 Å². The van der Waals surface area contributed by atoms with E-state index in [-0.39, 0.29) is 5.91 Å². The first-order valence-electron chi connectivity index (χ1n) is 9.29. The average Bonchev–Trinajstić information content (AvgIpc) is 2.72. The zero-order valence-electron chi connectivity index (χ0n) is 15.5. The van der Waals surface area contributed by atoms with Gasteiger partial charge in [-0.05, 0) is 36.1 Å². The van der Waals surface area contributed by atoms with E-state index >= 15 is 0 Å². The molecule has 0 saturated heterocycles. The number of anilines is 1. The highest BCUT2D eigenvalue weighted by Crippen LogP contribution is 2.21. The predicted octanol–water partition coefficient (Wildman–Crippen LogP) is 4.20. The fourth-order valence-electron chi connectivity index (χ4n) is 3.42. The van der Waals surface area contributed by atoms with Crippen LogP contribution in [0.15, 0.2) is 67.0 Å². The van der Waals surface area contributed by atoms with Crippen LogP contribution < -0.4 is 5.32 Å². The number of aryl methyl sites for hydroxylation is 1. The molecule has 0 fully saturated rings. The van der Waals surface area contributed by atoms with E-state index in [1.54, 1.807) is 12.4 Å². The quantitative estimate of drug-likeness (QED) is 0.761. The highest BCUT2D eigenvalue weighted by atomic mass is 16.2. The molecule has 2 heterocycles. The number of hydrogen-bond donors (Lipinski definition) is 1. The monoisotopic (exact) mass is 357 g/mol. The van der Waals surface area contributed by atoms with Gasteiger partial charge in [-0.15, -0.1) is 0 Å². The minimum atomic E-state index is 0.0380. The Kier molecular flexibility index (Phi) is 4.88. The first kappa shape index (κ1) is 17.3. The molecule has 0 bridgehead atoms. The molecule has 1 aromatic heterocycles. The number of aromatic nitrogens is 1. The molecule has 0 spiro atoms. The Bertz CT molecular complexity index is 950. The fourth-order valence-corrected chi connectivity index (χ4v) is 3.42. The number of benzene rings is 2. The number of hydrogen-bond acceptors (Lipinski definition) is 3. The summed E-state index contributed by atoms with van der Waals surface area (Å²) in [5.74, 6) is 0.0380. The minimum Gasteiger partial charge on any atom is -0.380 e. The number of nitrogens with zero attached hydrogens (tertiary/aromatic N) is 2. The molecule has 27 heavy (non-hydrogen) atoms. The molecular formula is C23H23N3O. The first-order chi connectivity index (χ1) is 13.2. The zero-order valence-corrected chi connectivity index (χ0v) is 15.5. The van der Waals surface area contributed by atoms with Crippen molar-refractivity contribution in [2.24, 2.45) is 0 Å². The normalized spacial score (nSPS) is 13.1. The molecule has 1 amide bonds. The van der Waals surface area contributed by atoms with Gasteiger partial charge in [0, 0.05) is 32.0 Å². The van der Waals surface area contributed by atoms with Crippen LogP contribution in [0.1, 0.15) is 32.6 Å². The summed E-state index contributed by atoms with van der Waals surface area (Å²) in [5.41, 5.74) is 6.51. The van der Waals surface area contributed by atoms with Gasteiger partial charge in [-0.25, -0.2) is 0 Å². The number of nitrogens with one attached hydrogen (secondary N) is 1. The highest BCUT2D eigenvalue weighted by molar-refractivity contribution is 5.94.